The minimum atomic E-state index is -2.59. The predicted molar refractivity (Wildman–Crippen MR) is 51.4 cm³/mol. The molecule has 2 nitrogen and oxygen atoms in total. The second-order valence-corrected chi connectivity index (χ2v) is 112. The molecule has 0 unspecified atom stereocenters. The molecule has 0 radical (unpaired) electrons. The van der Waals surface area contributed by atoms with E-state index in [4.69, 9.17) is 10.5 Å². The molecule has 0 spiro atoms. The van der Waals surface area contributed by atoms with E-state index in [2.05, 4.69) is 67.8 Å². The second kappa shape index (κ2) is 4.50. The van der Waals surface area contributed by atoms with Crippen LogP contribution in [0.25, 0.3) is 5.59 Å². The number of rotatable bonds is 0. The molecule has 0 aromatic carbocycles. The van der Waals surface area contributed by atoms with Crippen molar-refractivity contribution >= 4 is 67.8 Å². The van der Waals surface area contributed by atoms with E-state index in [0.29, 0.717) is 0 Å². The quantitative estimate of drug-likeness (QED) is 0.393. The smallest absolute Gasteiger partial charge is 0.423 e. The fourth-order valence-electron chi connectivity index (χ4n) is 0. The van der Waals surface area contributed by atoms with Crippen LogP contribution in [-0.2, 0) is 3.94 Å². The Morgan fingerprint density at radius 3 is 0.875 bits per heavy atom. The first-order valence-corrected chi connectivity index (χ1v) is 28.6. The first-order chi connectivity index (χ1) is 3.24. The van der Waals surface area contributed by atoms with E-state index in [0.717, 1.165) is 0 Å². The molecule has 0 N–H and O–H groups in total. The van der Waals surface area contributed by atoms with Crippen LogP contribution in [0.2, 0.25) is 0 Å². The normalized spacial score (nSPS) is 14.9. The van der Waals surface area contributed by atoms with Crippen molar-refractivity contribution < 1.29 is 3.94 Å². The first kappa shape index (κ1) is 13.2. The number of nitrogens with zero attached hydrogens (tertiary/aromatic N) is 1. The number of hydrogen-bond donors (Lipinski definition) is 0. The van der Waals surface area contributed by atoms with Crippen molar-refractivity contribution in [3.63, 3.8) is 0 Å². The summed E-state index contributed by atoms with van der Waals surface area (Å²) in [6, 6.07) is 0. The Labute approximate surface area is 80.6 Å². The molecule has 0 bridgehead atoms. The fourth-order valence-corrected chi connectivity index (χ4v) is 0. The second-order valence-electron chi connectivity index (χ2n) is 0.505. The van der Waals surface area contributed by atoms with Crippen molar-refractivity contribution in [2.45, 2.75) is 0 Å². The van der Waals surface area contributed by atoms with Crippen molar-refractivity contribution in [2.24, 2.45) is 0 Å². The summed E-state index contributed by atoms with van der Waals surface area (Å²) in [5.74, 6) is 0. The summed E-state index contributed by atoms with van der Waals surface area (Å²) in [4.78, 5) is 7.25. The summed E-state index contributed by atoms with van der Waals surface area (Å²) in [6.07, 6.45) is 0. The third kappa shape index (κ3) is 72.5. The Morgan fingerprint density at radius 2 is 0.875 bits per heavy atom. The molecule has 0 amide bonds. The molecule has 0 aromatic rings. The number of halogens is 5. The standard InChI is InChI=1S/5BrH.NO.Os/c;;;;;1-2;/h5*1H;;/q;;;;;-1;+5/p-5. The van der Waals surface area contributed by atoms with Gasteiger partial charge in [-0.05, 0) is 0 Å². The van der Waals surface area contributed by atoms with Crippen molar-refractivity contribution in [3.05, 3.63) is 10.5 Å². The van der Waals surface area contributed by atoms with Crippen LogP contribution in [0.5, 0.6) is 0 Å². The Hall–Kier alpha value is 2.64. The van der Waals surface area contributed by atoms with E-state index in [-0.39, 0.29) is 0 Å². The average Bonchev–Trinajstić information content (AvgIpc) is 1.33. The van der Waals surface area contributed by atoms with Gasteiger partial charge in [0.2, 0.25) is 0 Å². The molecule has 0 aliphatic heterocycles. The summed E-state index contributed by atoms with van der Waals surface area (Å²) < 4.78 is -2.59. The minimum absolute atomic E-state index is 2.59. The van der Waals surface area contributed by atoms with Crippen LogP contribution in [0.1, 0.15) is 0 Å². The molecule has 0 aliphatic carbocycles. The fraction of sp³-hybridized carbons (Fsp3) is 0. The van der Waals surface area contributed by atoms with Crippen LogP contribution in [0.3, 0.4) is 0 Å². The van der Waals surface area contributed by atoms with Crippen molar-refractivity contribution in [1.29, 1.82) is 0 Å². The van der Waals surface area contributed by atoms with Gasteiger partial charge in [-0.2, -0.15) is 0 Å². The maximum Gasteiger partial charge on any atom is -0.423 e. The van der Waals surface area contributed by atoms with Gasteiger partial charge in [-0.3, -0.25) is 0 Å². The van der Waals surface area contributed by atoms with Crippen molar-refractivity contribution in [2.75, 3.05) is 0 Å². The van der Waals surface area contributed by atoms with Crippen molar-refractivity contribution in [1.82, 2.24) is 0 Å². The number of nitroso groups, excluding NO2 is 1. The zero-order valence-corrected chi connectivity index (χ0v) is 13.6. The average molecular weight is 620 g/mol. The molecule has 0 rings (SSSR count). The largest absolute Gasteiger partial charge is 0.577 e. The van der Waals surface area contributed by atoms with Crippen LogP contribution in [0.15, 0.2) is 0 Å². The van der Waals surface area contributed by atoms with Gasteiger partial charge in [-0.1, -0.05) is 0 Å². The maximum atomic E-state index is 7.25. The Balaban J connectivity index is 0. The molecular weight excluding hydrogens is 620 g/mol. The van der Waals surface area contributed by atoms with Gasteiger partial charge in [0, 0.05) is 0 Å². The van der Waals surface area contributed by atoms with E-state index in [1.54, 1.807) is 0 Å². The molecular formula is Br5NOOs-. The van der Waals surface area contributed by atoms with Crippen LogP contribution < -0.4 is 0 Å². The van der Waals surface area contributed by atoms with E-state index >= 15 is 0 Å². The van der Waals surface area contributed by atoms with Crippen LogP contribution in [-0.4, -0.2) is 0 Å². The molecule has 0 atom stereocenters. The molecule has 0 aliphatic rings. The van der Waals surface area contributed by atoms with E-state index < -0.39 is 3.94 Å². The summed E-state index contributed by atoms with van der Waals surface area (Å²) in [6.45, 7) is 0. The van der Waals surface area contributed by atoms with Gasteiger partial charge in [0.05, 0.1) is 0 Å². The van der Waals surface area contributed by atoms with Gasteiger partial charge < -0.3 is 10.5 Å². The molecule has 0 aromatic heterocycles. The summed E-state index contributed by atoms with van der Waals surface area (Å²) in [5.41, 5.74) is 5.75. The van der Waals surface area contributed by atoms with E-state index in [1.165, 1.54) is 0 Å². The monoisotopic (exact) mass is 617 g/mol. The molecule has 0 heterocycles. The molecule has 0 saturated heterocycles. The summed E-state index contributed by atoms with van der Waals surface area (Å²) in [5, 5.41) is 0. The van der Waals surface area contributed by atoms with Crippen molar-refractivity contribution in [3.8, 4) is 0 Å². The zero-order chi connectivity index (χ0) is 7.45. The maximum absolute atomic E-state index is 7.25. The molecule has 0 fully saturated rings. The third-order valence-corrected chi connectivity index (χ3v) is 0. The van der Waals surface area contributed by atoms with E-state index in [1.807, 2.05) is 0 Å². The molecule has 8 heteroatoms. The Bertz CT molecular complexity index is 55.3. The molecule has 0 saturated carbocycles. The number of hydrogen-bond acceptors (Lipinski definition) is 1. The van der Waals surface area contributed by atoms with Gasteiger partial charge in [0.25, 0.3) is 0 Å². The van der Waals surface area contributed by atoms with Gasteiger partial charge in [-0.15, -0.1) is 0 Å². The summed E-state index contributed by atoms with van der Waals surface area (Å²) >= 11 is 16.7. The van der Waals surface area contributed by atoms with Gasteiger partial charge in [0.15, 0.2) is 0 Å². The SMILES string of the molecule is [Br][Os]([Br])([Br])([Br])[Br].[N-]=O. The van der Waals surface area contributed by atoms with Gasteiger partial charge >= 0.3 is 71.7 Å². The van der Waals surface area contributed by atoms with Crippen LogP contribution >= 0.6 is 67.8 Å². The van der Waals surface area contributed by atoms with E-state index in [9.17, 15) is 0 Å². The van der Waals surface area contributed by atoms with Crippen LogP contribution in [0, 0.1) is 4.91 Å². The predicted octanol–water partition coefficient (Wildman–Crippen LogP) is 4.55. The topological polar surface area (TPSA) is 39.4 Å². The summed E-state index contributed by atoms with van der Waals surface area (Å²) in [7, 11) is 0. The van der Waals surface area contributed by atoms with Gasteiger partial charge in [-0.25, -0.2) is 0 Å². The molecule has 55 valence electrons. The third-order valence-electron chi connectivity index (χ3n) is 0. The Kier molecular flexibility index (Phi) is 7.45. The first-order valence-electron chi connectivity index (χ1n) is 0.851. The minimum Gasteiger partial charge on any atom is -0.577 e. The van der Waals surface area contributed by atoms with Gasteiger partial charge in [0.1, 0.15) is 0 Å². The zero-order valence-electron chi connectivity index (χ0n) is 3.10. The van der Waals surface area contributed by atoms with Crippen LogP contribution in [0.4, 0.5) is 0 Å². The molecule has 8 heavy (non-hydrogen) atoms. The Morgan fingerprint density at radius 1 is 0.875 bits per heavy atom.